The number of sulfonamides is 1. The van der Waals surface area contributed by atoms with Gasteiger partial charge < -0.3 is 15.6 Å². The minimum Gasteiger partial charge on any atom is -0.368 e. The summed E-state index contributed by atoms with van der Waals surface area (Å²) in [6.45, 7) is 7.44. The van der Waals surface area contributed by atoms with Gasteiger partial charge in [0, 0.05) is 31.9 Å². The summed E-state index contributed by atoms with van der Waals surface area (Å²) in [6, 6.07) is -0.0963. The third kappa shape index (κ3) is 3.64. The van der Waals surface area contributed by atoms with Crippen LogP contribution in [0.5, 0.6) is 0 Å². The zero-order valence-electron chi connectivity index (χ0n) is 16.1. The Kier molecular flexibility index (Phi) is 5.79. The normalized spacial score (nSPS) is 17.5. The van der Waals surface area contributed by atoms with Crippen molar-refractivity contribution in [3.63, 3.8) is 0 Å². The molecule has 1 aliphatic rings. The second kappa shape index (κ2) is 8.10. The van der Waals surface area contributed by atoms with Crippen LogP contribution < -0.4 is 11.1 Å². The van der Waals surface area contributed by atoms with Crippen LogP contribution in [0.4, 0.5) is 11.8 Å². The molecule has 0 bridgehead atoms. The van der Waals surface area contributed by atoms with Crippen LogP contribution in [0.25, 0.3) is 11.2 Å². The zero-order valence-corrected chi connectivity index (χ0v) is 16.9. The summed E-state index contributed by atoms with van der Waals surface area (Å²) in [7, 11) is -3.55. The van der Waals surface area contributed by atoms with Crippen molar-refractivity contribution < 1.29 is 8.42 Å². The molecule has 1 aliphatic heterocycles. The van der Waals surface area contributed by atoms with Gasteiger partial charge in [0.05, 0.1) is 12.5 Å². The van der Waals surface area contributed by atoms with Crippen LogP contribution >= 0.6 is 0 Å². The van der Waals surface area contributed by atoms with Crippen molar-refractivity contribution in [2.45, 2.75) is 44.7 Å². The second-order valence-electron chi connectivity index (χ2n) is 6.06. The molecule has 0 saturated carbocycles. The highest BCUT2D eigenvalue weighted by atomic mass is 32.2. The average molecular weight is 408 g/mol. The Labute approximate surface area is 163 Å². The van der Waals surface area contributed by atoms with E-state index in [1.807, 2.05) is 25.3 Å². The van der Waals surface area contributed by atoms with Gasteiger partial charge in [-0.2, -0.15) is 19.4 Å². The molecule has 0 spiro atoms. The number of hydrogen-bond donors (Lipinski definition) is 3. The van der Waals surface area contributed by atoms with Gasteiger partial charge in [-0.25, -0.2) is 13.4 Å². The minimum absolute atomic E-state index is 0.0963. The fraction of sp³-hybridized carbons (Fsp3) is 0.500. The van der Waals surface area contributed by atoms with Crippen molar-refractivity contribution in [2.24, 2.45) is 0 Å². The maximum Gasteiger partial charge on any atom is 0.246 e. The van der Waals surface area contributed by atoms with E-state index < -0.39 is 10.0 Å². The molecule has 11 nitrogen and oxygen atoms in total. The summed E-state index contributed by atoms with van der Waals surface area (Å²) in [6.07, 6.45) is 5.02. The van der Waals surface area contributed by atoms with Crippen molar-refractivity contribution in [3.05, 3.63) is 18.7 Å². The molecule has 1 fully saturated rings. The molecule has 0 radical (unpaired) electrons. The maximum absolute atomic E-state index is 12.6. The Balaban J connectivity index is 0.00000109. The number of fused-ring (bicyclic) bond motifs is 1. The first-order valence-corrected chi connectivity index (χ1v) is 10.7. The highest BCUT2D eigenvalue weighted by molar-refractivity contribution is 7.89. The predicted octanol–water partition coefficient (Wildman–Crippen LogP) is 1.05. The van der Waals surface area contributed by atoms with Crippen molar-refractivity contribution >= 4 is 33.0 Å². The van der Waals surface area contributed by atoms with Crippen LogP contribution in [0, 0.1) is 0 Å². The molecule has 3 aromatic rings. The number of nitrogens with one attached hydrogen (secondary N) is 2. The van der Waals surface area contributed by atoms with Crippen LogP contribution in [0.2, 0.25) is 0 Å². The van der Waals surface area contributed by atoms with E-state index in [0.29, 0.717) is 43.0 Å². The van der Waals surface area contributed by atoms with Gasteiger partial charge in [-0.05, 0) is 13.3 Å². The van der Waals surface area contributed by atoms with Gasteiger partial charge in [0.2, 0.25) is 16.0 Å². The number of nitrogens with zero attached hydrogens (tertiary/aromatic N) is 6. The molecule has 4 N–H and O–H groups in total. The quantitative estimate of drug-likeness (QED) is 0.568. The molecule has 0 aliphatic carbocycles. The van der Waals surface area contributed by atoms with E-state index in [1.54, 1.807) is 6.33 Å². The second-order valence-corrected chi connectivity index (χ2v) is 8.00. The van der Waals surface area contributed by atoms with Gasteiger partial charge in [-0.15, -0.1) is 0 Å². The lowest BCUT2D eigenvalue weighted by atomic mass is 10.2. The van der Waals surface area contributed by atoms with Crippen molar-refractivity contribution in [1.82, 2.24) is 34.0 Å². The van der Waals surface area contributed by atoms with E-state index in [-0.39, 0.29) is 16.9 Å². The maximum atomic E-state index is 12.6. The third-order valence-corrected chi connectivity index (χ3v) is 6.26. The number of H-pyrrole nitrogens is 1. The topological polar surface area (TPSA) is 148 Å². The van der Waals surface area contributed by atoms with Crippen LogP contribution in [0.15, 0.2) is 23.6 Å². The summed E-state index contributed by atoms with van der Waals surface area (Å²) < 4.78 is 28.5. The monoisotopic (exact) mass is 407 g/mol. The lowest BCUT2D eigenvalue weighted by Crippen LogP contribution is -2.31. The summed E-state index contributed by atoms with van der Waals surface area (Å²) in [5, 5.41) is 9.52. The fourth-order valence-corrected chi connectivity index (χ4v) is 4.49. The zero-order chi connectivity index (χ0) is 20.3. The molecule has 28 heavy (non-hydrogen) atoms. The Hall–Kier alpha value is -2.73. The smallest absolute Gasteiger partial charge is 0.246 e. The van der Waals surface area contributed by atoms with E-state index in [9.17, 15) is 8.42 Å². The number of aromatic nitrogens is 6. The number of aromatic amines is 1. The lowest BCUT2D eigenvalue weighted by molar-refractivity contribution is 0.474. The molecule has 1 saturated heterocycles. The van der Waals surface area contributed by atoms with Crippen LogP contribution in [0.3, 0.4) is 0 Å². The molecule has 1 atom stereocenters. The minimum atomic E-state index is -3.55. The fourth-order valence-electron chi connectivity index (χ4n) is 3.08. The van der Waals surface area contributed by atoms with Crippen molar-refractivity contribution in [2.75, 3.05) is 24.1 Å². The lowest BCUT2D eigenvalue weighted by Gasteiger charge is -2.16. The van der Waals surface area contributed by atoms with Gasteiger partial charge in [-0.1, -0.05) is 13.8 Å². The molecule has 1 unspecified atom stereocenters. The molecule has 12 heteroatoms. The van der Waals surface area contributed by atoms with Gasteiger partial charge in [-0.3, -0.25) is 5.10 Å². The van der Waals surface area contributed by atoms with E-state index >= 15 is 0 Å². The first kappa shape index (κ1) is 20.0. The number of aryl methyl sites for hydroxylation is 1. The molecule has 0 amide bonds. The SMILES string of the molecule is CC.CCn1cnc2c(NC3CCN(S(=O)(=O)c4cn[nH]c4)C3)nc(N)nc21. The molecule has 0 aromatic carbocycles. The van der Waals surface area contributed by atoms with Crippen LogP contribution in [-0.4, -0.2) is 61.6 Å². The summed E-state index contributed by atoms with van der Waals surface area (Å²) in [4.78, 5) is 13.0. The van der Waals surface area contributed by atoms with Crippen LogP contribution in [-0.2, 0) is 16.6 Å². The number of nitrogen functional groups attached to an aromatic ring is 1. The Morgan fingerprint density at radius 1 is 1.36 bits per heavy atom. The number of rotatable bonds is 5. The summed E-state index contributed by atoms with van der Waals surface area (Å²) in [5.41, 5.74) is 7.10. The standard InChI is InChI=1S/C14H19N9O2S.C2H6/c1-2-22-8-16-11-12(20-14(15)21-13(11)22)19-9-3-4-23(7-9)26(24,25)10-5-17-18-6-10;1-2/h5-6,8-9H,2-4,7H2,1H3,(H,17,18)(H3,15,19,20,21);1-2H3. The van der Waals surface area contributed by atoms with Crippen molar-refractivity contribution in [3.8, 4) is 0 Å². The van der Waals surface area contributed by atoms with Gasteiger partial charge in [0.1, 0.15) is 4.90 Å². The molecule has 3 aromatic heterocycles. The Morgan fingerprint density at radius 2 is 2.14 bits per heavy atom. The van der Waals surface area contributed by atoms with Gasteiger partial charge in [0.15, 0.2) is 17.0 Å². The van der Waals surface area contributed by atoms with Gasteiger partial charge >= 0.3 is 0 Å². The molecule has 152 valence electrons. The molecule has 4 rings (SSSR count). The average Bonchev–Trinajstić information content (AvgIpc) is 3.44. The summed E-state index contributed by atoms with van der Waals surface area (Å²) >= 11 is 0. The van der Waals surface area contributed by atoms with E-state index in [1.165, 1.54) is 16.7 Å². The number of hydrogen-bond acceptors (Lipinski definition) is 8. The Morgan fingerprint density at radius 3 is 2.82 bits per heavy atom. The first-order valence-electron chi connectivity index (χ1n) is 9.23. The molecule has 4 heterocycles. The third-order valence-electron chi connectivity index (χ3n) is 4.42. The largest absolute Gasteiger partial charge is 0.368 e. The van der Waals surface area contributed by atoms with Gasteiger partial charge in [0.25, 0.3) is 0 Å². The van der Waals surface area contributed by atoms with E-state index in [2.05, 4.69) is 30.5 Å². The van der Waals surface area contributed by atoms with E-state index in [4.69, 9.17) is 5.73 Å². The number of anilines is 2. The van der Waals surface area contributed by atoms with Crippen molar-refractivity contribution in [1.29, 1.82) is 0 Å². The molecular formula is C16H25N9O2S. The van der Waals surface area contributed by atoms with Crippen LogP contribution in [0.1, 0.15) is 27.2 Å². The number of imidazole rings is 1. The Bertz CT molecular complexity index is 1030. The number of nitrogens with two attached hydrogens (primary N) is 1. The highest BCUT2D eigenvalue weighted by Gasteiger charge is 2.33. The molecular weight excluding hydrogens is 382 g/mol. The van der Waals surface area contributed by atoms with E-state index in [0.717, 1.165) is 0 Å². The first-order chi connectivity index (χ1) is 13.5. The highest BCUT2D eigenvalue weighted by Crippen LogP contribution is 2.25. The predicted molar refractivity (Wildman–Crippen MR) is 106 cm³/mol. The summed E-state index contributed by atoms with van der Waals surface area (Å²) in [5.74, 6) is 0.670.